The summed E-state index contributed by atoms with van der Waals surface area (Å²) in [7, 11) is 1.93. The average molecular weight is 322 g/mol. The quantitative estimate of drug-likeness (QED) is 0.844. The van der Waals surface area contributed by atoms with Crippen LogP contribution >= 0.6 is 0 Å². The van der Waals surface area contributed by atoms with Gasteiger partial charge in [-0.05, 0) is 53.4 Å². The number of hydrogen-bond acceptors (Lipinski definition) is 4. The fraction of sp³-hybridized carbons (Fsp3) is 0.765. The van der Waals surface area contributed by atoms with E-state index in [0.717, 1.165) is 12.2 Å². The van der Waals surface area contributed by atoms with E-state index in [1.165, 1.54) is 18.4 Å². The minimum atomic E-state index is -0.472. The molecule has 1 unspecified atom stereocenters. The van der Waals surface area contributed by atoms with E-state index in [1.54, 1.807) is 0 Å². The van der Waals surface area contributed by atoms with Gasteiger partial charge in [-0.2, -0.15) is 5.10 Å². The van der Waals surface area contributed by atoms with Crippen molar-refractivity contribution in [1.29, 1.82) is 0 Å². The van der Waals surface area contributed by atoms with E-state index in [-0.39, 0.29) is 11.6 Å². The van der Waals surface area contributed by atoms with Crippen LogP contribution in [-0.2, 0) is 18.3 Å². The molecule has 1 heterocycles. The van der Waals surface area contributed by atoms with Crippen LogP contribution in [0, 0.1) is 12.8 Å². The van der Waals surface area contributed by atoms with Crippen molar-refractivity contribution in [3.63, 3.8) is 0 Å². The van der Waals surface area contributed by atoms with Crippen LogP contribution in [0.5, 0.6) is 0 Å². The average Bonchev–Trinajstić information content (AvgIpc) is 3.19. The summed E-state index contributed by atoms with van der Waals surface area (Å²) < 4.78 is 7.16. The monoisotopic (exact) mass is 322 g/mol. The van der Waals surface area contributed by atoms with Crippen molar-refractivity contribution in [2.75, 3.05) is 6.54 Å². The molecule has 1 saturated carbocycles. The number of aryl methyl sites for hydroxylation is 2. The fourth-order valence-corrected chi connectivity index (χ4v) is 2.76. The highest BCUT2D eigenvalue weighted by Gasteiger charge is 2.41. The minimum Gasteiger partial charge on any atom is -0.444 e. The maximum absolute atomic E-state index is 11.9. The first-order valence-electron chi connectivity index (χ1n) is 8.30. The van der Waals surface area contributed by atoms with Gasteiger partial charge in [0.1, 0.15) is 5.60 Å². The normalized spacial score (nSPS) is 17.7. The third-order valence-electron chi connectivity index (χ3n) is 4.28. The fourth-order valence-electron chi connectivity index (χ4n) is 2.76. The highest BCUT2D eigenvalue weighted by Crippen LogP contribution is 2.39. The van der Waals surface area contributed by atoms with Crippen LogP contribution in [0.2, 0.25) is 0 Å². The molecule has 1 aliphatic carbocycles. The SMILES string of the molecule is Cc1nn(C)cc1CNC(C)(CNC(=O)OC(C)(C)C)C1CC1. The van der Waals surface area contributed by atoms with E-state index in [9.17, 15) is 4.79 Å². The van der Waals surface area contributed by atoms with Gasteiger partial charge in [0.25, 0.3) is 0 Å². The van der Waals surface area contributed by atoms with Crippen molar-refractivity contribution in [3.05, 3.63) is 17.5 Å². The number of nitrogens with one attached hydrogen (secondary N) is 2. The molecule has 6 nitrogen and oxygen atoms in total. The Hall–Kier alpha value is -1.56. The molecule has 2 N–H and O–H groups in total. The van der Waals surface area contributed by atoms with Crippen LogP contribution in [-0.4, -0.2) is 33.6 Å². The van der Waals surface area contributed by atoms with Gasteiger partial charge in [-0.15, -0.1) is 0 Å². The van der Waals surface area contributed by atoms with Crippen molar-refractivity contribution in [3.8, 4) is 0 Å². The van der Waals surface area contributed by atoms with E-state index >= 15 is 0 Å². The van der Waals surface area contributed by atoms with Crippen molar-refractivity contribution < 1.29 is 9.53 Å². The molecule has 0 saturated heterocycles. The van der Waals surface area contributed by atoms with E-state index in [2.05, 4.69) is 22.7 Å². The third kappa shape index (κ3) is 5.23. The molecule has 0 aliphatic heterocycles. The molecule has 0 spiro atoms. The first-order chi connectivity index (χ1) is 10.6. The van der Waals surface area contributed by atoms with Crippen LogP contribution in [0.25, 0.3) is 0 Å². The maximum atomic E-state index is 11.9. The van der Waals surface area contributed by atoms with E-state index < -0.39 is 5.60 Å². The number of alkyl carbamates (subject to hydrolysis) is 1. The lowest BCUT2D eigenvalue weighted by Crippen LogP contribution is -2.53. The molecule has 0 radical (unpaired) electrons. The van der Waals surface area contributed by atoms with Crippen LogP contribution in [0.4, 0.5) is 4.79 Å². The van der Waals surface area contributed by atoms with Crippen molar-refractivity contribution in [2.24, 2.45) is 13.0 Å². The Morgan fingerprint density at radius 3 is 2.52 bits per heavy atom. The Kier molecular flexibility index (Phi) is 5.04. The summed E-state index contributed by atoms with van der Waals surface area (Å²) in [6.07, 6.45) is 4.08. The highest BCUT2D eigenvalue weighted by molar-refractivity contribution is 5.67. The zero-order valence-electron chi connectivity index (χ0n) is 15.2. The third-order valence-corrected chi connectivity index (χ3v) is 4.28. The molecule has 23 heavy (non-hydrogen) atoms. The molecule has 6 heteroatoms. The summed E-state index contributed by atoms with van der Waals surface area (Å²) >= 11 is 0. The molecule has 1 aromatic rings. The molecular formula is C17H30N4O2. The minimum absolute atomic E-state index is 0.126. The Labute approximate surface area is 139 Å². The zero-order valence-corrected chi connectivity index (χ0v) is 15.2. The summed E-state index contributed by atoms with van der Waals surface area (Å²) in [6.45, 7) is 11.1. The van der Waals surface area contributed by atoms with Crippen LogP contribution in [0.3, 0.4) is 0 Å². The molecular weight excluding hydrogens is 292 g/mol. The molecule has 1 fully saturated rings. The highest BCUT2D eigenvalue weighted by atomic mass is 16.6. The number of ether oxygens (including phenoxy) is 1. The summed E-state index contributed by atoms with van der Waals surface area (Å²) in [4.78, 5) is 11.9. The van der Waals surface area contributed by atoms with Gasteiger partial charge in [-0.3, -0.25) is 4.68 Å². The number of nitrogens with zero attached hydrogens (tertiary/aromatic N) is 2. The lowest BCUT2D eigenvalue weighted by atomic mass is 9.95. The number of aromatic nitrogens is 2. The predicted molar refractivity (Wildman–Crippen MR) is 90.2 cm³/mol. The number of carbonyl (C=O) groups excluding carboxylic acids is 1. The van der Waals surface area contributed by atoms with Gasteiger partial charge < -0.3 is 15.4 Å². The van der Waals surface area contributed by atoms with E-state index in [4.69, 9.17) is 4.74 Å². The summed E-state index contributed by atoms with van der Waals surface area (Å²) in [5.41, 5.74) is 1.63. The summed E-state index contributed by atoms with van der Waals surface area (Å²) in [5, 5.41) is 10.9. The molecule has 1 aromatic heterocycles. The maximum Gasteiger partial charge on any atom is 0.407 e. The van der Waals surface area contributed by atoms with Gasteiger partial charge in [-0.25, -0.2) is 4.79 Å². The van der Waals surface area contributed by atoms with Gasteiger partial charge in [-0.1, -0.05) is 0 Å². The number of hydrogen-bond donors (Lipinski definition) is 2. The van der Waals surface area contributed by atoms with Crippen LogP contribution in [0.1, 0.15) is 51.8 Å². The van der Waals surface area contributed by atoms with Crippen LogP contribution < -0.4 is 10.6 Å². The summed E-state index contributed by atoms with van der Waals surface area (Å²) in [5.74, 6) is 0.592. The molecule has 0 bridgehead atoms. The van der Waals surface area contributed by atoms with Gasteiger partial charge in [0.15, 0.2) is 0 Å². The second-order valence-electron chi connectivity index (χ2n) is 7.81. The lowest BCUT2D eigenvalue weighted by molar-refractivity contribution is 0.0507. The first-order valence-corrected chi connectivity index (χ1v) is 8.30. The Morgan fingerprint density at radius 2 is 2.04 bits per heavy atom. The van der Waals surface area contributed by atoms with Gasteiger partial charge in [0, 0.05) is 37.4 Å². The van der Waals surface area contributed by atoms with Crippen molar-refractivity contribution >= 4 is 6.09 Å². The van der Waals surface area contributed by atoms with Gasteiger partial charge >= 0.3 is 6.09 Å². The Balaban J connectivity index is 1.91. The smallest absolute Gasteiger partial charge is 0.407 e. The van der Waals surface area contributed by atoms with Crippen molar-refractivity contribution in [2.45, 2.75) is 65.1 Å². The topological polar surface area (TPSA) is 68.2 Å². The number of amides is 1. The lowest BCUT2D eigenvalue weighted by Gasteiger charge is -2.32. The molecule has 1 aliphatic rings. The molecule has 2 rings (SSSR count). The Bertz CT molecular complexity index is 557. The molecule has 0 aromatic carbocycles. The second-order valence-corrected chi connectivity index (χ2v) is 7.81. The zero-order chi connectivity index (χ0) is 17.3. The second kappa shape index (κ2) is 6.51. The van der Waals surface area contributed by atoms with E-state index in [1.807, 2.05) is 45.6 Å². The van der Waals surface area contributed by atoms with Crippen molar-refractivity contribution in [1.82, 2.24) is 20.4 Å². The summed E-state index contributed by atoms with van der Waals surface area (Å²) in [6, 6.07) is 0. The number of carbonyl (C=O) groups is 1. The first kappa shape index (κ1) is 17.8. The van der Waals surface area contributed by atoms with Crippen LogP contribution in [0.15, 0.2) is 6.20 Å². The molecule has 1 amide bonds. The number of rotatable bonds is 6. The largest absolute Gasteiger partial charge is 0.444 e. The molecule has 130 valence electrons. The standard InChI is InChI=1S/C17H30N4O2/c1-12-13(10-21(6)20-12)9-19-17(5,14-7-8-14)11-18-15(22)23-16(2,3)4/h10,14,19H,7-9,11H2,1-6H3,(H,18,22). The van der Waals surface area contributed by atoms with Gasteiger partial charge in [0.2, 0.25) is 0 Å². The van der Waals surface area contributed by atoms with Gasteiger partial charge in [0.05, 0.1) is 5.69 Å². The Morgan fingerprint density at radius 1 is 1.39 bits per heavy atom. The predicted octanol–water partition coefficient (Wildman–Crippen LogP) is 2.51. The molecule has 1 atom stereocenters. The van der Waals surface area contributed by atoms with E-state index in [0.29, 0.717) is 12.5 Å².